The topological polar surface area (TPSA) is 132 Å². The lowest BCUT2D eigenvalue weighted by Crippen LogP contribution is -2.42. The maximum absolute atomic E-state index is 14.7. The fourth-order valence-electron chi connectivity index (χ4n) is 10.1. The van der Waals surface area contributed by atoms with Gasteiger partial charge in [-0.05, 0) is 88.4 Å². The van der Waals surface area contributed by atoms with Crippen molar-refractivity contribution >= 4 is 98.1 Å². The van der Waals surface area contributed by atoms with Crippen molar-refractivity contribution in [1.82, 2.24) is 14.5 Å². The number of ether oxygens (including phenoxy) is 1. The van der Waals surface area contributed by atoms with Crippen LogP contribution in [0.4, 0.5) is 11.4 Å². The van der Waals surface area contributed by atoms with Crippen LogP contribution in [0.15, 0.2) is 41.4 Å². The second kappa shape index (κ2) is 15.8. The predicted molar refractivity (Wildman–Crippen MR) is 238 cm³/mol. The molecule has 312 valence electrons. The average Bonchev–Trinajstić information content (AvgIpc) is 3.98. The van der Waals surface area contributed by atoms with Crippen molar-refractivity contribution in [3.8, 4) is 0 Å². The van der Waals surface area contributed by atoms with Gasteiger partial charge < -0.3 is 19.1 Å². The van der Waals surface area contributed by atoms with E-state index in [-0.39, 0.29) is 67.6 Å². The standard InChI is InChI=1S/C46H51N6O7P/c1-26(2)52(27(3)4)60(36(53)25-47-5)59-22-21-58-20-19-51-45(56)31-14-12-29-39-34(49-15-7-8-16-49)23-32-37-30(43(54)48(6)44(32)55)13-11-28(41(37)39)40-35(50-17-9-10-18-50)24-33(46(51)57)38(31)42(29)40/h11-14,23-27H,7-10,15-22H2,1-6H3. The highest BCUT2D eigenvalue weighted by Crippen LogP contribution is 2.52. The molecule has 2 saturated heterocycles. The van der Waals surface area contributed by atoms with E-state index < -0.39 is 8.30 Å². The Hall–Kier alpha value is -5.07. The molecule has 5 aromatic rings. The maximum atomic E-state index is 14.7. The normalized spacial score (nSPS) is 17.8. The zero-order chi connectivity index (χ0) is 42.1. The Morgan fingerprint density at radius 3 is 1.68 bits per heavy atom. The van der Waals surface area contributed by atoms with E-state index in [0.717, 1.165) is 95.6 Å². The van der Waals surface area contributed by atoms with Gasteiger partial charge in [-0.15, -0.1) is 0 Å². The van der Waals surface area contributed by atoms with Crippen LogP contribution in [0.5, 0.6) is 0 Å². The Morgan fingerprint density at radius 1 is 0.683 bits per heavy atom. The highest BCUT2D eigenvalue weighted by atomic mass is 31.2. The lowest BCUT2D eigenvalue weighted by molar-refractivity contribution is -0.107. The van der Waals surface area contributed by atoms with Crippen LogP contribution < -0.4 is 9.80 Å². The number of aliphatic imine (C=N–C) groups is 1. The molecule has 1 unspecified atom stereocenters. The van der Waals surface area contributed by atoms with E-state index in [0.29, 0.717) is 33.0 Å². The third kappa shape index (κ3) is 6.27. The molecule has 4 amide bonds. The molecular formula is C46H51N6O7P. The molecule has 9 rings (SSSR count). The Bertz CT molecular complexity index is 2640. The Kier molecular flexibility index (Phi) is 10.6. The Labute approximate surface area is 350 Å². The zero-order valence-corrected chi connectivity index (χ0v) is 36.1. The molecule has 0 aliphatic carbocycles. The van der Waals surface area contributed by atoms with E-state index in [1.165, 1.54) is 16.0 Å². The van der Waals surface area contributed by atoms with E-state index in [1.807, 2.05) is 68.8 Å². The number of imide groups is 2. The van der Waals surface area contributed by atoms with Gasteiger partial charge in [0, 0.05) is 107 Å². The Balaban J connectivity index is 1.11. The van der Waals surface area contributed by atoms with Crippen molar-refractivity contribution < 1.29 is 33.2 Å². The van der Waals surface area contributed by atoms with Gasteiger partial charge >= 0.3 is 0 Å². The van der Waals surface area contributed by atoms with E-state index in [2.05, 4.69) is 14.8 Å². The first-order chi connectivity index (χ1) is 28.9. The van der Waals surface area contributed by atoms with Crippen LogP contribution in [-0.4, -0.2) is 129 Å². The molecule has 0 saturated carbocycles. The monoisotopic (exact) mass is 830 g/mol. The van der Waals surface area contributed by atoms with Gasteiger partial charge in [-0.2, -0.15) is 0 Å². The number of nitrogens with zero attached hydrogens (tertiary/aromatic N) is 6. The van der Waals surface area contributed by atoms with Gasteiger partial charge in [-0.3, -0.25) is 38.8 Å². The first kappa shape index (κ1) is 40.3. The molecule has 0 spiro atoms. The van der Waals surface area contributed by atoms with E-state index in [4.69, 9.17) is 9.26 Å². The van der Waals surface area contributed by atoms with Gasteiger partial charge in [0.15, 0.2) is 8.30 Å². The minimum atomic E-state index is -1.61. The van der Waals surface area contributed by atoms with Gasteiger partial charge in [0.25, 0.3) is 23.6 Å². The lowest BCUT2D eigenvalue weighted by Gasteiger charge is -2.35. The fourth-order valence-corrected chi connectivity index (χ4v) is 11.9. The van der Waals surface area contributed by atoms with Crippen LogP contribution in [-0.2, 0) is 14.1 Å². The van der Waals surface area contributed by atoms with Crippen molar-refractivity contribution in [2.45, 2.75) is 65.5 Å². The third-order valence-corrected chi connectivity index (χ3v) is 14.8. The van der Waals surface area contributed by atoms with Gasteiger partial charge in [-0.25, -0.2) is 4.67 Å². The molecule has 0 radical (unpaired) electrons. The summed E-state index contributed by atoms with van der Waals surface area (Å²) in [4.78, 5) is 80.7. The molecule has 4 aliphatic heterocycles. The number of anilines is 2. The summed E-state index contributed by atoms with van der Waals surface area (Å²) in [6.45, 7) is 11.9. The summed E-state index contributed by atoms with van der Waals surface area (Å²) in [5.74, 6) is -1.39. The first-order valence-corrected chi connectivity index (χ1v) is 22.4. The van der Waals surface area contributed by atoms with Crippen molar-refractivity contribution in [3.63, 3.8) is 0 Å². The summed E-state index contributed by atoms with van der Waals surface area (Å²) in [5.41, 5.74) is 3.62. The van der Waals surface area contributed by atoms with Gasteiger partial charge in [0.05, 0.1) is 43.7 Å². The minimum absolute atomic E-state index is 0.0464. The predicted octanol–water partition coefficient (Wildman–Crippen LogP) is 7.45. The molecule has 0 N–H and O–H groups in total. The van der Waals surface area contributed by atoms with Crippen molar-refractivity contribution in [3.05, 3.63) is 58.7 Å². The van der Waals surface area contributed by atoms with E-state index >= 15 is 0 Å². The average molecular weight is 831 g/mol. The van der Waals surface area contributed by atoms with Crippen LogP contribution in [0, 0.1) is 0 Å². The van der Waals surface area contributed by atoms with Gasteiger partial charge in [0.2, 0.25) is 5.52 Å². The number of amides is 4. The lowest BCUT2D eigenvalue weighted by atomic mass is 9.80. The first-order valence-electron chi connectivity index (χ1n) is 21.2. The smallest absolute Gasteiger partial charge is 0.261 e. The molecule has 4 heterocycles. The largest absolute Gasteiger partial charge is 0.377 e. The number of rotatable bonds is 14. The third-order valence-electron chi connectivity index (χ3n) is 12.6. The second-order valence-electron chi connectivity index (χ2n) is 16.8. The minimum Gasteiger partial charge on any atom is -0.377 e. The number of carbonyl (C=O) groups is 5. The molecule has 4 aliphatic rings. The summed E-state index contributed by atoms with van der Waals surface area (Å²) >= 11 is 0. The number of hydrogen-bond acceptors (Lipinski definition) is 11. The molecule has 14 heteroatoms. The maximum Gasteiger partial charge on any atom is 0.261 e. The molecular weight excluding hydrogens is 780 g/mol. The quantitative estimate of drug-likeness (QED) is 0.0278. The number of carbonyl (C=O) groups excluding carboxylic acids is 5. The van der Waals surface area contributed by atoms with Crippen LogP contribution in [0.2, 0.25) is 0 Å². The highest BCUT2D eigenvalue weighted by molar-refractivity contribution is 7.71. The van der Waals surface area contributed by atoms with Gasteiger partial charge in [0.1, 0.15) is 0 Å². The van der Waals surface area contributed by atoms with Crippen molar-refractivity contribution in [2.75, 3.05) is 76.4 Å². The van der Waals surface area contributed by atoms with Crippen molar-refractivity contribution in [1.29, 1.82) is 0 Å². The molecule has 0 aromatic heterocycles. The molecule has 1 atom stereocenters. The summed E-state index contributed by atoms with van der Waals surface area (Å²) in [6.07, 6.45) is 5.39. The van der Waals surface area contributed by atoms with Crippen LogP contribution in [0.3, 0.4) is 0 Å². The summed E-state index contributed by atoms with van der Waals surface area (Å²) in [7, 11) is 1.50. The van der Waals surface area contributed by atoms with E-state index in [1.54, 1.807) is 14.1 Å². The SMILES string of the molecule is CN=CC(=O)P(OCCOCCN1C(=O)c2ccc3c4c(N5CCCC5)cc5c6c(ccc(c7c(N8CCCC8)cc(c2c37)C1=O)c64)C(=O)N(C)C5=O)N(C(C)C)C(C)C. The summed E-state index contributed by atoms with van der Waals surface area (Å²) in [6, 6.07) is 11.8. The second-order valence-corrected chi connectivity index (χ2v) is 18.5. The van der Waals surface area contributed by atoms with Crippen LogP contribution in [0.1, 0.15) is 94.8 Å². The number of benzene rings is 5. The fraction of sp³-hybridized carbons (Fsp3) is 0.435. The molecule has 5 aromatic carbocycles. The molecule has 13 nitrogen and oxygen atoms in total. The number of fused-ring (bicyclic) bond motifs is 2. The molecule has 0 bridgehead atoms. The van der Waals surface area contributed by atoms with Gasteiger partial charge in [-0.1, -0.05) is 12.1 Å². The van der Waals surface area contributed by atoms with Crippen LogP contribution >= 0.6 is 8.30 Å². The van der Waals surface area contributed by atoms with E-state index in [9.17, 15) is 24.0 Å². The summed E-state index contributed by atoms with van der Waals surface area (Å²) in [5, 5.41) is 6.73. The van der Waals surface area contributed by atoms with Crippen LogP contribution in [0.25, 0.3) is 43.1 Å². The number of hydrogen-bond donors (Lipinski definition) is 0. The zero-order valence-electron chi connectivity index (χ0n) is 35.2. The van der Waals surface area contributed by atoms with Crippen molar-refractivity contribution in [2.24, 2.45) is 4.99 Å². The Morgan fingerprint density at radius 2 is 1.17 bits per heavy atom. The highest BCUT2D eigenvalue weighted by Gasteiger charge is 2.39. The summed E-state index contributed by atoms with van der Waals surface area (Å²) < 4.78 is 14.1. The molecule has 60 heavy (non-hydrogen) atoms. The molecule has 2 fully saturated rings.